The van der Waals surface area contributed by atoms with Crippen LogP contribution in [0, 0.1) is 51.8 Å². The van der Waals surface area contributed by atoms with E-state index in [1.54, 1.807) is 0 Å². The predicted octanol–water partition coefficient (Wildman–Crippen LogP) is 6.63. The number of hydrogen-bond acceptors (Lipinski definition) is 11. The number of methoxy groups -OCH3 is 2. The van der Waals surface area contributed by atoms with E-state index in [9.17, 15) is 44.1 Å². The van der Waals surface area contributed by atoms with Crippen LogP contribution in [-0.2, 0) is 52.5 Å². The first kappa shape index (κ1) is 46.9. The van der Waals surface area contributed by atoms with Gasteiger partial charge in [0.2, 0.25) is 0 Å². The van der Waals surface area contributed by atoms with E-state index in [2.05, 4.69) is 33.9 Å². The molecule has 0 spiro atoms. The molecule has 0 aromatic rings. The Morgan fingerprint density at radius 2 is 1.19 bits per heavy atom. The molecule has 4 fully saturated rings. The molecule has 4 aliphatic rings. The molecule has 0 heterocycles. The van der Waals surface area contributed by atoms with Gasteiger partial charge >= 0.3 is 35.8 Å². The molecule has 4 aliphatic carbocycles. The van der Waals surface area contributed by atoms with Gasteiger partial charge in [-0.25, -0.2) is 4.79 Å². The van der Waals surface area contributed by atoms with Crippen molar-refractivity contribution in [1.29, 1.82) is 0 Å². The van der Waals surface area contributed by atoms with Crippen LogP contribution in [0.4, 0.5) is 0 Å². The third-order valence-electron chi connectivity index (χ3n) is 14.8. The van der Waals surface area contributed by atoms with E-state index in [0.717, 1.165) is 50.4 Å². The summed E-state index contributed by atoms with van der Waals surface area (Å²) < 4.78 is 28.8. The standard InChI is InChI=1S/C44H66O14/c1-25-12-14-32-41(3,4)16-10-17-42(32,5)30(25)24-57-37(40(53)55-9)28(21-35(47)48)39(52)58-44(7)19-11-18-43(6)29(26(2)13-15-33(43)44)23-56-31(22-36(49)54-8)27(38(50)51)20-34(45)46/h27-33,37H,1-2,10-24H2,3-9H3,(H,45,46)(H,47,48)(H,50,51). The van der Waals surface area contributed by atoms with Crippen LogP contribution in [0.15, 0.2) is 24.3 Å². The van der Waals surface area contributed by atoms with Crippen LogP contribution in [0.2, 0.25) is 0 Å². The maximum atomic E-state index is 14.4. The Hall–Kier alpha value is -3.78. The van der Waals surface area contributed by atoms with Crippen LogP contribution in [0.25, 0.3) is 0 Å². The average molecular weight is 819 g/mol. The van der Waals surface area contributed by atoms with Crippen LogP contribution < -0.4 is 0 Å². The molecule has 0 aliphatic heterocycles. The fourth-order valence-corrected chi connectivity index (χ4v) is 11.7. The number of carboxylic acid groups (broad SMARTS) is 3. The molecule has 14 nitrogen and oxygen atoms in total. The number of carboxylic acids is 3. The smallest absolute Gasteiger partial charge is 0.335 e. The summed E-state index contributed by atoms with van der Waals surface area (Å²) in [4.78, 5) is 76.3. The lowest BCUT2D eigenvalue weighted by molar-refractivity contribution is -0.201. The van der Waals surface area contributed by atoms with Gasteiger partial charge < -0.3 is 39.0 Å². The minimum atomic E-state index is -1.55. The zero-order chi connectivity index (χ0) is 43.4. The van der Waals surface area contributed by atoms with E-state index in [4.69, 9.17) is 23.7 Å². The van der Waals surface area contributed by atoms with Crippen molar-refractivity contribution in [2.75, 3.05) is 27.4 Å². The van der Waals surface area contributed by atoms with Crippen molar-refractivity contribution in [3.05, 3.63) is 24.3 Å². The predicted molar refractivity (Wildman–Crippen MR) is 210 cm³/mol. The molecule has 0 aromatic carbocycles. The molecule has 0 amide bonds. The van der Waals surface area contributed by atoms with Crippen LogP contribution in [0.5, 0.6) is 0 Å². The Kier molecular flexibility index (Phi) is 15.1. The van der Waals surface area contributed by atoms with Gasteiger partial charge in [0, 0.05) is 17.8 Å². The topological polar surface area (TPSA) is 209 Å². The molecule has 326 valence electrons. The molecule has 0 saturated heterocycles. The van der Waals surface area contributed by atoms with Crippen molar-refractivity contribution in [2.24, 2.45) is 51.8 Å². The van der Waals surface area contributed by atoms with Crippen molar-refractivity contribution >= 4 is 35.8 Å². The maximum absolute atomic E-state index is 14.4. The normalized spacial score (nSPS) is 32.6. The number of carbonyl (C=O) groups excluding carboxylic acids is 3. The zero-order valence-electron chi connectivity index (χ0n) is 35.5. The second-order valence-corrected chi connectivity index (χ2v) is 18.7. The van der Waals surface area contributed by atoms with Crippen LogP contribution >= 0.6 is 0 Å². The van der Waals surface area contributed by atoms with E-state index in [0.29, 0.717) is 38.0 Å². The van der Waals surface area contributed by atoms with E-state index in [1.165, 1.54) is 7.11 Å². The number of fused-ring (bicyclic) bond motifs is 2. The van der Waals surface area contributed by atoms with Gasteiger partial charge in [-0.15, -0.1) is 0 Å². The summed E-state index contributed by atoms with van der Waals surface area (Å²) in [6, 6.07) is 0. The van der Waals surface area contributed by atoms with E-state index >= 15 is 0 Å². The van der Waals surface area contributed by atoms with Gasteiger partial charge in [-0.05, 0) is 86.9 Å². The number of ether oxygens (including phenoxy) is 5. The Morgan fingerprint density at radius 1 is 0.672 bits per heavy atom. The highest BCUT2D eigenvalue weighted by atomic mass is 16.6. The fraction of sp³-hybridized carbons (Fsp3) is 0.773. The molecule has 0 bridgehead atoms. The number of carbonyl (C=O) groups is 6. The first-order valence-electron chi connectivity index (χ1n) is 20.7. The molecule has 11 atom stereocenters. The number of hydrogen-bond donors (Lipinski definition) is 3. The Balaban J connectivity index is 1.59. The molecule has 14 heteroatoms. The summed E-state index contributed by atoms with van der Waals surface area (Å²) in [5.74, 6) is -10.1. The first-order chi connectivity index (χ1) is 27.0. The lowest BCUT2D eigenvalue weighted by Crippen LogP contribution is -2.57. The van der Waals surface area contributed by atoms with Crippen LogP contribution in [0.3, 0.4) is 0 Å². The molecule has 3 N–H and O–H groups in total. The van der Waals surface area contributed by atoms with Crippen molar-refractivity contribution in [2.45, 2.75) is 136 Å². The molecule has 11 unspecified atom stereocenters. The lowest BCUT2D eigenvalue weighted by Gasteiger charge is -2.58. The van der Waals surface area contributed by atoms with E-state index < -0.39 is 96.1 Å². The van der Waals surface area contributed by atoms with Crippen LogP contribution in [-0.4, -0.2) is 96.4 Å². The van der Waals surface area contributed by atoms with Gasteiger partial charge in [-0.3, -0.25) is 24.0 Å². The molecule has 4 rings (SSSR count). The number of esters is 3. The van der Waals surface area contributed by atoms with E-state index in [1.807, 2.05) is 13.8 Å². The highest BCUT2D eigenvalue weighted by molar-refractivity contribution is 5.87. The molecular weight excluding hydrogens is 752 g/mol. The second kappa shape index (κ2) is 18.6. The monoisotopic (exact) mass is 818 g/mol. The minimum absolute atomic E-state index is 0.0685. The maximum Gasteiger partial charge on any atom is 0.335 e. The van der Waals surface area contributed by atoms with Crippen molar-refractivity contribution in [1.82, 2.24) is 0 Å². The van der Waals surface area contributed by atoms with Gasteiger partial charge in [0.25, 0.3) is 0 Å². The first-order valence-corrected chi connectivity index (χ1v) is 20.7. The Morgan fingerprint density at radius 3 is 1.72 bits per heavy atom. The number of rotatable bonds is 18. The second-order valence-electron chi connectivity index (χ2n) is 18.7. The lowest BCUT2D eigenvalue weighted by atomic mass is 9.48. The van der Waals surface area contributed by atoms with Crippen LogP contribution in [0.1, 0.15) is 118 Å². The third kappa shape index (κ3) is 9.97. The summed E-state index contributed by atoms with van der Waals surface area (Å²) in [5, 5.41) is 29.4. The van der Waals surface area contributed by atoms with Gasteiger partial charge in [0.05, 0.1) is 58.7 Å². The highest BCUT2D eigenvalue weighted by Crippen LogP contribution is 2.61. The van der Waals surface area contributed by atoms with Crippen molar-refractivity contribution in [3.8, 4) is 0 Å². The largest absolute Gasteiger partial charge is 0.481 e. The summed E-state index contributed by atoms with van der Waals surface area (Å²) >= 11 is 0. The number of aliphatic carboxylic acids is 3. The summed E-state index contributed by atoms with van der Waals surface area (Å²) in [7, 11) is 2.31. The molecular formula is C44H66O14. The van der Waals surface area contributed by atoms with Gasteiger partial charge in [0.1, 0.15) is 11.5 Å². The quantitative estimate of drug-likeness (QED) is 0.0753. The summed E-state index contributed by atoms with van der Waals surface area (Å²) in [6.07, 6.45) is 2.89. The van der Waals surface area contributed by atoms with Gasteiger partial charge in [-0.2, -0.15) is 0 Å². The molecule has 0 radical (unpaired) electrons. The fourth-order valence-electron chi connectivity index (χ4n) is 11.7. The molecule has 58 heavy (non-hydrogen) atoms. The van der Waals surface area contributed by atoms with Crippen molar-refractivity contribution < 1.29 is 67.8 Å². The zero-order valence-corrected chi connectivity index (χ0v) is 35.5. The van der Waals surface area contributed by atoms with E-state index in [-0.39, 0.29) is 35.9 Å². The minimum Gasteiger partial charge on any atom is -0.481 e. The SMILES string of the molecule is C=C1CCC2C(C)(C)CCCC2(C)C1COC(C(=O)OC)C(CC(=O)O)C(=O)OC1(C)CCCC2(C)C(COC(CC(=O)OC)C(CC(=O)O)C(=O)O)C(=C)CCC12. The third-order valence-corrected chi connectivity index (χ3v) is 14.8. The molecule has 0 aromatic heterocycles. The Bertz CT molecular complexity index is 1600. The van der Waals surface area contributed by atoms with Crippen molar-refractivity contribution in [3.63, 3.8) is 0 Å². The van der Waals surface area contributed by atoms with Gasteiger partial charge in [-0.1, -0.05) is 58.4 Å². The average Bonchev–Trinajstić information content (AvgIpc) is 3.12. The molecule has 4 saturated carbocycles. The van der Waals surface area contributed by atoms with Gasteiger partial charge in [0.15, 0.2) is 6.10 Å². The summed E-state index contributed by atoms with van der Waals surface area (Å²) in [5.41, 5.74) is 0.0454. The summed E-state index contributed by atoms with van der Waals surface area (Å²) in [6.45, 7) is 19.4. The highest BCUT2D eigenvalue weighted by Gasteiger charge is 2.58. The Labute approximate surface area is 342 Å².